The molecule has 1 fully saturated rings. The molecule has 1 aliphatic rings. The molecule has 1 N–H and O–H groups in total. The van der Waals surface area contributed by atoms with Crippen LogP contribution in [-0.2, 0) is 10.2 Å². The molecule has 0 aromatic heterocycles. The Balaban J connectivity index is 2.02. The summed E-state index contributed by atoms with van der Waals surface area (Å²) in [5, 5.41) is 0. The van der Waals surface area contributed by atoms with Crippen LogP contribution in [0.5, 0.6) is 0 Å². The van der Waals surface area contributed by atoms with Crippen LogP contribution in [0, 0.1) is 11.7 Å². The zero-order chi connectivity index (χ0) is 14.8. The molecule has 0 bridgehead atoms. The van der Waals surface area contributed by atoms with Gasteiger partial charge >= 0.3 is 0 Å². The molecule has 20 heavy (non-hydrogen) atoms. The topological polar surface area (TPSA) is 49.4 Å². The van der Waals surface area contributed by atoms with E-state index in [1.165, 1.54) is 16.4 Å². The standard InChI is InChI=1S/C14H21FN2O2S/c1-11-7-9-17(10-8-11)20(18,19)16-12(2)13-3-5-14(15)6-4-13/h3-6,11-12,16H,7-10H2,1-2H3. The van der Waals surface area contributed by atoms with Crippen molar-refractivity contribution in [3.8, 4) is 0 Å². The Morgan fingerprint density at radius 3 is 2.35 bits per heavy atom. The Morgan fingerprint density at radius 1 is 1.25 bits per heavy atom. The minimum Gasteiger partial charge on any atom is -0.207 e. The molecular weight excluding hydrogens is 279 g/mol. The van der Waals surface area contributed by atoms with Gasteiger partial charge in [0.05, 0.1) is 0 Å². The quantitative estimate of drug-likeness (QED) is 0.928. The third-order valence-electron chi connectivity index (χ3n) is 3.78. The second-order valence-electron chi connectivity index (χ2n) is 5.48. The van der Waals surface area contributed by atoms with Gasteiger partial charge in [-0.05, 0) is 43.4 Å². The monoisotopic (exact) mass is 300 g/mol. The highest BCUT2D eigenvalue weighted by Crippen LogP contribution is 2.20. The van der Waals surface area contributed by atoms with Crippen LogP contribution < -0.4 is 4.72 Å². The molecule has 0 amide bonds. The van der Waals surface area contributed by atoms with Crippen LogP contribution in [-0.4, -0.2) is 25.8 Å². The van der Waals surface area contributed by atoms with Crippen molar-refractivity contribution in [3.05, 3.63) is 35.6 Å². The van der Waals surface area contributed by atoms with E-state index in [-0.39, 0.29) is 11.9 Å². The average molecular weight is 300 g/mol. The lowest BCUT2D eigenvalue weighted by molar-refractivity contribution is 0.284. The van der Waals surface area contributed by atoms with Crippen molar-refractivity contribution < 1.29 is 12.8 Å². The number of hydrogen-bond donors (Lipinski definition) is 1. The van der Waals surface area contributed by atoms with Gasteiger partial charge < -0.3 is 0 Å². The van der Waals surface area contributed by atoms with Crippen molar-refractivity contribution in [3.63, 3.8) is 0 Å². The van der Waals surface area contributed by atoms with Crippen molar-refractivity contribution in [2.75, 3.05) is 13.1 Å². The van der Waals surface area contributed by atoms with Gasteiger partial charge in [0.25, 0.3) is 10.2 Å². The molecule has 0 aliphatic carbocycles. The number of rotatable bonds is 4. The van der Waals surface area contributed by atoms with Crippen molar-refractivity contribution >= 4 is 10.2 Å². The molecule has 112 valence electrons. The predicted molar refractivity (Wildman–Crippen MR) is 76.8 cm³/mol. The van der Waals surface area contributed by atoms with Crippen LogP contribution in [0.15, 0.2) is 24.3 Å². The fraction of sp³-hybridized carbons (Fsp3) is 0.571. The largest absolute Gasteiger partial charge is 0.279 e. The summed E-state index contributed by atoms with van der Waals surface area (Å²) in [7, 11) is -3.47. The average Bonchev–Trinajstić information content (AvgIpc) is 2.39. The van der Waals surface area contributed by atoms with Crippen molar-refractivity contribution in [1.82, 2.24) is 9.03 Å². The Labute approximate surface area is 120 Å². The summed E-state index contributed by atoms with van der Waals surface area (Å²) in [6.45, 7) is 5.02. The number of benzene rings is 1. The number of halogens is 1. The van der Waals surface area contributed by atoms with Crippen LogP contribution >= 0.6 is 0 Å². The summed E-state index contributed by atoms with van der Waals surface area (Å²) in [5.41, 5.74) is 0.750. The lowest BCUT2D eigenvalue weighted by Crippen LogP contribution is -2.45. The Kier molecular flexibility index (Phi) is 4.78. The van der Waals surface area contributed by atoms with Crippen LogP contribution in [0.4, 0.5) is 4.39 Å². The molecule has 1 heterocycles. The maximum absolute atomic E-state index is 12.9. The minimum absolute atomic E-state index is 0.325. The van der Waals surface area contributed by atoms with Gasteiger partial charge in [-0.2, -0.15) is 17.4 Å². The van der Waals surface area contributed by atoms with E-state index in [2.05, 4.69) is 11.6 Å². The summed E-state index contributed by atoms with van der Waals surface area (Å²) >= 11 is 0. The highest BCUT2D eigenvalue weighted by Gasteiger charge is 2.27. The van der Waals surface area contributed by atoms with Crippen LogP contribution in [0.25, 0.3) is 0 Å². The lowest BCUT2D eigenvalue weighted by atomic mass is 10.0. The third kappa shape index (κ3) is 3.77. The fourth-order valence-corrected chi connectivity index (χ4v) is 3.77. The van der Waals surface area contributed by atoms with E-state index in [9.17, 15) is 12.8 Å². The zero-order valence-corrected chi connectivity index (χ0v) is 12.7. The molecule has 6 heteroatoms. The molecule has 2 rings (SSSR count). The molecule has 0 saturated carbocycles. The number of nitrogens with zero attached hydrogens (tertiary/aromatic N) is 1. The van der Waals surface area contributed by atoms with Gasteiger partial charge in [-0.15, -0.1) is 0 Å². The maximum Gasteiger partial charge on any atom is 0.279 e. The van der Waals surface area contributed by atoms with Gasteiger partial charge in [0.1, 0.15) is 5.82 Å². The smallest absolute Gasteiger partial charge is 0.207 e. The summed E-state index contributed by atoms with van der Waals surface area (Å²) in [4.78, 5) is 0. The van der Waals surface area contributed by atoms with Crippen molar-refractivity contribution in [2.24, 2.45) is 5.92 Å². The predicted octanol–water partition coefficient (Wildman–Crippen LogP) is 2.45. The van der Waals surface area contributed by atoms with E-state index in [0.29, 0.717) is 19.0 Å². The molecule has 4 nitrogen and oxygen atoms in total. The van der Waals surface area contributed by atoms with Crippen molar-refractivity contribution in [1.29, 1.82) is 0 Å². The Morgan fingerprint density at radius 2 is 1.80 bits per heavy atom. The van der Waals surface area contributed by atoms with E-state index < -0.39 is 10.2 Å². The lowest BCUT2D eigenvalue weighted by Gasteiger charge is -2.30. The first-order valence-corrected chi connectivity index (χ1v) is 8.35. The Hall–Kier alpha value is -0.980. The molecule has 1 aromatic carbocycles. The minimum atomic E-state index is -3.47. The van der Waals surface area contributed by atoms with Gasteiger partial charge in [0.15, 0.2) is 0 Å². The molecule has 1 atom stereocenters. The first kappa shape index (κ1) is 15.4. The first-order chi connectivity index (χ1) is 9.38. The summed E-state index contributed by atoms with van der Waals surface area (Å²) in [6.07, 6.45) is 1.79. The summed E-state index contributed by atoms with van der Waals surface area (Å²) < 4.78 is 41.6. The normalized spacial score (nSPS) is 19.9. The molecule has 1 saturated heterocycles. The van der Waals surface area contributed by atoms with Crippen LogP contribution in [0.1, 0.15) is 38.3 Å². The maximum atomic E-state index is 12.9. The van der Waals surface area contributed by atoms with Gasteiger partial charge in [-0.1, -0.05) is 19.1 Å². The summed E-state index contributed by atoms with van der Waals surface area (Å²) in [6, 6.07) is 5.49. The zero-order valence-electron chi connectivity index (χ0n) is 11.8. The highest BCUT2D eigenvalue weighted by atomic mass is 32.2. The first-order valence-electron chi connectivity index (χ1n) is 6.91. The van der Waals surface area contributed by atoms with E-state index in [1.54, 1.807) is 19.1 Å². The molecule has 1 aromatic rings. The SMILES string of the molecule is CC1CCN(S(=O)(=O)NC(C)c2ccc(F)cc2)CC1. The number of nitrogens with one attached hydrogen (secondary N) is 1. The number of piperidine rings is 1. The second kappa shape index (κ2) is 6.20. The Bertz CT molecular complexity index is 537. The molecule has 0 spiro atoms. The van der Waals surface area contributed by atoms with Gasteiger partial charge in [0.2, 0.25) is 0 Å². The van der Waals surface area contributed by atoms with Gasteiger partial charge in [-0.25, -0.2) is 4.39 Å². The van der Waals surface area contributed by atoms with E-state index in [1.807, 2.05) is 0 Å². The van der Waals surface area contributed by atoms with Gasteiger partial charge in [0, 0.05) is 19.1 Å². The second-order valence-corrected chi connectivity index (χ2v) is 7.18. The highest BCUT2D eigenvalue weighted by molar-refractivity contribution is 7.87. The fourth-order valence-electron chi connectivity index (χ4n) is 2.34. The van der Waals surface area contributed by atoms with Crippen molar-refractivity contribution in [2.45, 2.75) is 32.7 Å². The van der Waals surface area contributed by atoms with E-state index in [0.717, 1.165) is 18.4 Å². The van der Waals surface area contributed by atoms with Crippen LogP contribution in [0.2, 0.25) is 0 Å². The van der Waals surface area contributed by atoms with Crippen LogP contribution in [0.3, 0.4) is 0 Å². The number of hydrogen-bond acceptors (Lipinski definition) is 2. The molecule has 1 unspecified atom stereocenters. The molecular formula is C14H21FN2O2S. The summed E-state index contributed by atoms with van der Waals surface area (Å²) in [5.74, 6) is 0.254. The molecule has 0 radical (unpaired) electrons. The third-order valence-corrected chi connectivity index (χ3v) is 5.47. The van der Waals surface area contributed by atoms with Gasteiger partial charge in [-0.3, -0.25) is 0 Å². The van der Waals surface area contributed by atoms with E-state index >= 15 is 0 Å². The van der Waals surface area contributed by atoms with E-state index in [4.69, 9.17) is 0 Å². The molecule has 1 aliphatic heterocycles.